The van der Waals surface area contributed by atoms with Gasteiger partial charge >= 0.3 is 5.97 Å². The standard InChI is InChI=1S/C24H30O5S/c1-13-5-9-16(10-6-13)30(26,27)29-22-18-12-17(21(22)23(25)28-24(2,3)4)19-14-7-8-15(11-14)20(18)19/h5-10,14-15,17-22H,11-12H2,1-4H3. The van der Waals surface area contributed by atoms with E-state index in [1.807, 2.05) is 27.7 Å². The molecule has 4 aliphatic carbocycles. The number of aryl methyl sites for hydroxylation is 1. The number of rotatable bonds is 4. The van der Waals surface area contributed by atoms with E-state index in [1.54, 1.807) is 24.3 Å². The van der Waals surface area contributed by atoms with Crippen molar-refractivity contribution in [3.8, 4) is 0 Å². The second kappa shape index (κ2) is 6.67. The third-order valence-electron chi connectivity index (χ3n) is 7.58. The predicted molar refractivity (Wildman–Crippen MR) is 112 cm³/mol. The molecule has 5 rings (SSSR count). The molecular weight excluding hydrogens is 400 g/mol. The van der Waals surface area contributed by atoms with Crippen LogP contribution in [-0.2, 0) is 23.8 Å². The van der Waals surface area contributed by atoms with Crippen LogP contribution in [0.5, 0.6) is 0 Å². The third-order valence-corrected chi connectivity index (χ3v) is 8.90. The Bertz CT molecular complexity index is 987. The predicted octanol–water partition coefficient (Wildman–Crippen LogP) is 4.11. The van der Waals surface area contributed by atoms with Crippen molar-refractivity contribution in [3.63, 3.8) is 0 Å². The summed E-state index contributed by atoms with van der Waals surface area (Å²) in [5.41, 5.74) is 0.366. The van der Waals surface area contributed by atoms with Gasteiger partial charge in [0, 0.05) is 0 Å². The molecule has 30 heavy (non-hydrogen) atoms. The highest BCUT2D eigenvalue weighted by Crippen LogP contribution is 2.67. The highest BCUT2D eigenvalue weighted by Gasteiger charge is 2.67. The molecule has 0 amide bonds. The lowest BCUT2D eigenvalue weighted by Gasteiger charge is -2.40. The minimum Gasteiger partial charge on any atom is -0.460 e. The minimum atomic E-state index is -3.96. The van der Waals surface area contributed by atoms with Crippen LogP contribution in [0.4, 0.5) is 0 Å². The summed E-state index contributed by atoms with van der Waals surface area (Å²) in [6, 6.07) is 6.67. The number of allylic oxidation sites excluding steroid dienone is 2. The monoisotopic (exact) mass is 430 g/mol. The second-order valence-corrected chi connectivity index (χ2v) is 12.1. The van der Waals surface area contributed by atoms with Crippen LogP contribution in [0.3, 0.4) is 0 Å². The molecule has 8 unspecified atom stereocenters. The lowest BCUT2D eigenvalue weighted by Crippen LogP contribution is -2.47. The van der Waals surface area contributed by atoms with E-state index >= 15 is 0 Å². The Labute approximate surface area is 179 Å². The van der Waals surface area contributed by atoms with Gasteiger partial charge in [0.25, 0.3) is 10.1 Å². The van der Waals surface area contributed by atoms with E-state index in [-0.39, 0.29) is 22.7 Å². The van der Waals surface area contributed by atoms with E-state index in [0.29, 0.717) is 23.7 Å². The molecule has 4 bridgehead atoms. The van der Waals surface area contributed by atoms with Crippen molar-refractivity contribution in [1.82, 2.24) is 0 Å². The lowest BCUT2D eigenvalue weighted by molar-refractivity contribution is -0.167. The van der Waals surface area contributed by atoms with E-state index in [2.05, 4.69) is 12.2 Å². The fourth-order valence-corrected chi connectivity index (χ4v) is 7.83. The summed E-state index contributed by atoms with van der Waals surface area (Å²) in [4.78, 5) is 13.3. The van der Waals surface area contributed by atoms with Crippen LogP contribution in [0.2, 0.25) is 0 Å². The Balaban J connectivity index is 1.47. The number of carbonyl (C=O) groups is 1. The number of carbonyl (C=O) groups excluding carboxylic acids is 1. The smallest absolute Gasteiger partial charge is 0.312 e. The Morgan fingerprint density at radius 2 is 1.57 bits per heavy atom. The molecule has 3 fully saturated rings. The first-order valence-electron chi connectivity index (χ1n) is 11.0. The highest BCUT2D eigenvalue weighted by molar-refractivity contribution is 7.86. The van der Waals surface area contributed by atoms with Gasteiger partial charge in [-0.05, 0) is 88.2 Å². The van der Waals surface area contributed by atoms with Crippen LogP contribution in [0, 0.1) is 48.3 Å². The Kier molecular flexibility index (Phi) is 4.50. The number of ether oxygens (including phenoxy) is 1. The Morgan fingerprint density at radius 3 is 2.17 bits per heavy atom. The lowest BCUT2D eigenvalue weighted by atomic mass is 9.68. The van der Waals surface area contributed by atoms with E-state index in [9.17, 15) is 13.2 Å². The van der Waals surface area contributed by atoms with Crippen LogP contribution in [-0.4, -0.2) is 26.1 Å². The normalized spacial score (nSPS) is 38.8. The molecule has 0 aromatic heterocycles. The van der Waals surface area contributed by atoms with Crippen LogP contribution >= 0.6 is 0 Å². The molecule has 0 radical (unpaired) electrons. The van der Waals surface area contributed by atoms with Crippen LogP contribution < -0.4 is 0 Å². The quantitative estimate of drug-likeness (QED) is 0.311. The van der Waals surface area contributed by atoms with Crippen molar-refractivity contribution in [2.24, 2.45) is 41.4 Å². The molecule has 0 heterocycles. The van der Waals surface area contributed by atoms with Crippen molar-refractivity contribution in [1.29, 1.82) is 0 Å². The molecular formula is C24H30O5S. The van der Waals surface area contributed by atoms with E-state index in [4.69, 9.17) is 8.92 Å². The van der Waals surface area contributed by atoms with Crippen molar-refractivity contribution in [2.75, 3.05) is 0 Å². The third kappa shape index (κ3) is 3.14. The average Bonchev–Trinajstić information content (AvgIpc) is 3.39. The van der Waals surface area contributed by atoms with Crippen molar-refractivity contribution >= 4 is 16.1 Å². The topological polar surface area (TPSA) is 69.7 Å². The summed E-state index contributed by atoms with van der Waals surface area (Å²) in [6.45, 7) is 7.45. The van der Waals surface area contributed by atoms with E-state index in [1.165, 1.54) is 0 Å². The summed E-state index contributed by atoms with van der Waals surface area (Å²) in [5, 5.41) is 0. The maximum absolute atomic E-state index is 13.2. The van der Waals surface area contributed by atoms with E-state index in [0.717, 1.165) is 18.4 Å². The molecule has 1 aromatic rings. The van der Waals surface area contributed by atoms with Gasteiger partial charge in [-0.3, -0.25) is 8.98 Å². The Hall–Kier alpha value is -1.66. The molecule has 8 atom stereocenters. The number of hydrogen-bond acceptors (Lipinski definition) is 5. The fourth-order valence-electron chi connectivity index (χ4n) is 6.70. The van der Waals surface area contributed by atoms with Gasteiger partial charge in [-0.25, -0.2) is 0 Å². The molecule has 0 spiro atoms. The highest BCUT2D eigenvalue weighted by atomic mass is 32.2. The van der Waals surface area contributed by atoms with Gasteiger partial charge in [0.2, 0.25) is 0 Å². The largest absolute Gasteiger partial charge is 0.460 e. The molecule has 1 aromatic carbocycles. The summed E-state index contributed by atoms with van der Waals surface area (Å²) in [5.74, 6) is 1.24. The number of hydrogen-bond donors (Lipinski definition) is 0. The molecule has 162 valence electrons. The number of esters is 1. The zero-order valence-corrected chi connectivity index (χ0v) is 18.8. The van der Waals surface area contributed by atoms with Crippen LogP contribution in [0.1, 0.15) is 39.2 Å². The van der Waals surface area contributed by atoms with E-state index < -0.39 is 27.7 Å². The summed E-state index contributed by atoms with van der Waals surface area (Å²) < 4.78 is 37.8. The summed E-state index contributed by atoms with van der Waals surface area (Å²) in [7, 11) is -3.96. The van der Waals surface area contributed by atoms with Gasteiger partial charge in [0.05, 0.1) is 16.9 Å². The minimum absolute atomic E-state index is 0.0812. The van der Waals surface area contributed by atoms with Gasteiger partial charge in [0.1, 0.15) is 5.60 Å². The second-order valence-electron chi connectivity index (χ2n) is 10.6. The Morgan fingerprint density at radius 1 is 0.967 bits per heavy atom. The molecule has 0 N–H and O–H groups in total. The van der Waals surface area contributed by atoms with Gasteiger partial charge in [-0.2, -0.15) is 8.42 Å². The number of fused-ring (bicyclic) bond motifs is 9. The first-order chi connectivity index (χ1) is 14.0. The molecule has 0 saturated heterocycles. The molecule has 5 nitrogen and oxygen atoms in total. The summed E-state index contributed by atoms with van der Waals surface area (Å²) in [6.07, 6.45) is 5.92. The summed E-state index contributed by atoms with van der Waals surface area (Å²) >= 11 is 0. The van der Waals surface area contributed by atoms with Crippen LogP contribution in [0.15, 0.2) is 41.3 Å². The molecule has 3 saturated carbocycles. The molecule has 4 aliphatic rings. The zero-order valence-electron chi connectivity index (χ0n) is 17.9. The van der Waals surface area contributed by atoms with Crippen molar-refractivity contribution < 1.29 is 22.1 Å². The fraction of sp³-hybridized carbons (Fsp3) is 0.625. The van der Waals surface area contributed by atoms with Gasteiger partial charge in [-0.1, -0.05) is 29.8 Å². The maximum atomic E-state index is 13.2. The number of benzene rings is 1. The van der Waals surface area contributed by atoms with Crippen molar-refractivity contribution in [3.05, 3.63) is 42.0 Å². The maximum Gasteiger partial charge on any atom is 0.312 e. The SMILES string of the molecule is Cc1ccc(S(=O)(=O)OC2C3CC(C2C(=O)OC(C)(C)C)C2C4C=CC(C4)C32)cc1. The first-order valence-corrected chi connectivity index (χ1v) is 12.4. The molecule has 0 aliphatic heterocycles. The first kappa shape index (κ1) is 20.3. The van der Waals surface area contributed by atoms with Gasteiger partial charge < -0.3 is 4.74 Å². The zero-order chi connectivity index (χ0) is 21.4. The van der Waals surface area contributed by atoms with Gasteiger partial charge in [0.15, 0.2) is 0 Å². The molecule has 6 heteroatoms. The van der Waals surface area contributed by atoms with Crippen molar-refractivity contribution in [2.45, 2.75) is 57.1 Å². The van der Waals surface area contributed by atoms with Gasteiger partial charge in [-0.15, -0.1) is 0 Å². The van der Waals surface area contributed by atoms with Crippen LogP contribution in [0.25, 0.3) is 0 Å². The average molecular weight is 431 g/mol.